The van der Waals surface area contributed by atoms with Crippen molar-refractivity contribution in [3.8, 4) is 0 Å². The van der Waals surface area contributed by atoms with Crippen molar-refractivity contribution in [2.75, 3.05) is 36.5 Å². The van der Waals surface area contributed by atoms with Crippen LogP contribution < -0.4 is 9.80 Å². The van der Waals surface area contributed by atoms with E-state index < -0.39 is 0 Å². The number of rotatable bonds is 8. The Balaban J connectivity index is 1.20. The van der Waals surface area contributed by atoms with E-state index in [0.29, 0.717) is 11.3 Å². The quantitative estimate of drug-likeness (QED) is 0.248. The fraction of sp³-hybridized carbons (Fsp3) is 0.556. The summed E-state index contributed by atoms with van der Waals surface area (Å²) in [5.41, 5.74) is 5.25. The number of nitrogens with zero attached hydrogens (tertiary/aromatic N) is 2. The Morgan fingerprint density at radius 1 is 0.902 bits per heavy atom. The molecular weight excluding hydrogens is 508 g/mol. The van der Waals surface area contributed by atoms with Gasteiger partial charge in [-0.1, -0.05) is 43.5 Å². The molecule has 41 heavy (non-hydrogen) atoms. The van der Waals surface area contributed by atoms with Crippen LogP contribution in [0.1, 0.15) is 94.6 Å². The maximum absolute atomic E-state index is 14.1. The van der Waals surface area contributed by atoms with Gasteiger partial charge in [0.25, 0.3) is 0 Å². The lowest BCUT2D eigenvalue weighted by Gasteiger charge is -2.55. The van der Waals surface area contributed by atoms with Gasteiger partial charge in [-0.2, -0.15) is 0 Å². The summed E-state index contributed by atoms with van der Waals surface area (Å²) in [4.78, 5) is 30.5. The molecule has 0 spiro atoms. The van der Waals surface area contributed by atoms with E-state index in [0.717, 1.165) is 43.5 Å². The first-order valence-electron chi connectivity index (χ1n) is 16.0. The van der Waals surface area contributed by atoms with Gasteiger partial charge < -0.3 is 14.5 Å². The molecule has 7 rings (SSSR count). The number of carbonyl (C=O) groups excluding carboxylic acids is 2. The van der Waals surface area contributed by atoms with Gasteiger partial charge in [-0.05, 0) is 117 Å². The first kappa shape index (κ1) is 28.1. The minimum atomic E-state index is -0.372. The second-order valence-electron chi connectivity index (χ2n) is 13.2. The molecule has 0 unspecified atom stereocenters. The monoisotopic (exact) mass is 554 g/mol. The number of esters is 1. The third-order valence-electron chi connectivity index (χ3n) is 10.9. The Hall–Kier alpha value is -3.08. The number of anilines is 2. The molecule has 0 radical (unpaired) electrons. The maximum Gasteiger partial charge on any atom is 0.330 e. The van der Waals surface area contributed by atoms with E-state index >= 15 is 0 Å². The molecule has 5 heteroatoms. The molecule has 4 aliphatic carbocycles. The summed E-state index contributed by atoms with van der Waals surface area (Å²) in [6, 6.07) is 17.7. The smallest absolute Gasteiger partial charge is 0.330 e. The molecule has 5 aliphatic rings. The zero-order valence-corrected chi connectivity index (χ0v) is 24.8. The molecule has 0 N–H and O–H groups in total. The van der Waals surface area contributed by atoms with Crippen LogP contribution in [0.4, 0.5) is 11.4 Å². The molecule has 1 aliphatic heterocycles. The van der Waals surface area contributed by atoms with Gasteiger partial charge in [-0.3, -0.25) is 4.79 Å². The lowest BCUT2D eigenvalue weighted by atomic mass is 9.51. The van der Waals surface area contributed by atoms with Crippen molar-refractivity contribution in [1.82, 2.24) is 0 Å². The topological polar surface area (TPSA) is 49.9 Å². The number of methoxy groups -OCH3 is 1. The van der Waals surface area contributed by atoms with E-state index in [1.807, 2.05) is 12.1 Å². The minimum absolute atomic E-state index is 0.120. The van der Waals surface area contributed by atoms with Crippen LogP contribution in [0.2, 0.25) is 0 Å². The summed E-state index contributed by atoms with van der Waals surface area (Å²) >= 11 is 0. The fourth-order valence-corrected chi connectivity index (χ4v) is 8.17. The van der Waals surface area contributed by atoms with Crippen LogP contribution in [0.5, 0.6) is 0 Å². The Morgan fingerprint density at radius 2 is 1.59 bits per heavy atom. The highest BCUT2D eigenvalue weighted by Crippen LogP contribution is 2.58. The Morgan fingerprint density at radius 3 is 2.24 bits per heavy atom. The summed E-state index contributed by atoms with van der Waals surface area (Å²) < 4.78 is 4.78. The van der Waals surface area contributed by atoms with E-state index in [1.54, 1.807) is 6.08 Å². The van der Waals surface area contributed by atoms with Crippen molar-refractivity contribution in [2.24, 2.45) is 11.3 Å². The highest BCUT2D eigenvalue weighted by Gasteiger charge is 2.50. The highest BCUT2D eigenvalue weighted by molar-refractivity contribution is 5.95. The van der Waals surface area contributed by atoms with Crippen molar-refractivity contribution in [2.45, 2.75) is 88.9 Å². The molecule has 4 saturated carbocycles. The predicted molar refractivity (Wildman–Crippen MR) is 166 cm³/mol. The molecule has 1 amide bonds. The zero-order chi connectivity index (χ0) is 28.3. The normalized spacial score (nSPS) is 26.4. The molecule has 1 saturated heterocycles. The summed E-state index contributed by atoms with van der Waals surface area (Å²) in [6.07, 6.45) is 18.6. The van der Waals surface area contributed by atoms with Crippen molar-refractivity contribution >= 4 is 29.3 Å². The van der Waals surface area contributed by atoms with E-state index in [-0.39, 0.29) is 17.3 Å². The number of ether oxygens (including phenoxy) is 1. The van der Waals surface area contributed by atoms with Gasteiger partial charge >= 0.3 is 5.97 Å². The summed E-state index contributed by atoms with van der Waals surface area (Å²) in [5.74, 6) is 0.0471. The summed E-state index contributed by atoms with van der Waals surface area (Å²) in [6.45, 7) is 3.18. The van der Waals surface area contributed by atoms with Crippen molar-refractivity contribution in [1.29, 1.82) is 0 Å². The summed E-state index contributed by atoms with van der Waals surface area (Å²) in [5, 5.41) is 0. The Bertz CT molecular complexity index is 1230. The number of benzene rings is 2. The largest absolute Gasteiger partial charge is 0.466 e. The first-order chi connectivity index (χ1) is 20.0. The van der Waals surface area contributed by atoms with Crippen LogP contribution in [-0.2, 0) is 19.7 Å². The van der Waals surface area contributed by atoms with Gasteiger partial charge in [0.2, 0.25) is 5.91 Å². The van der Waals surface area contributed by atoms with Crippen LogP contribution in [-0.4, -0.2) is 38.6 Å². The molecule has 2 aromatic carbocycles. The van der Waals surface area contributed by atoms with Gasteiger partial charge in [0, 0.05) is 43.0 Å². The van der Waals surface area contributed by atoms with E-state index in [1.165, 1.54) is 95.3 Å². The van der Waals surface area contributed by atoms with Gasteiger partial charge in [0.15, 0.2) is 0 Å². The third-order valence-corrected chi connectivity index (χ3v) is 10.9. The molecular formula is C36H46N2O3. The van der Waals surface area contributed by atoms with E-state index in [9.17, 15) is 9.59 Å². The van der Waals surface area contributed by atoms with Crippen LogP contribution >= 0.6 is 0 Å². The molecule has 1 heterocycles. The average molecular weight is 555 g/mol. The third kappa shape index (κ3) is 5.96. The standard InChI is InChI=1S/C36H46N2O3/c1-41-33(39)17-12-28-8-7-11-32(26-28)38(34(40)29-9-3-2-4-10-29)27-35-18-21-36(22-19-35,23-20-35)30-13-15-31(16-14-30)37-24-5-6-25-37/h7-8,11-17,26,29H,2-6,9-10,18-25,27H2,1H3/b17-12+. The lowest BCUT2D eigenvalue weighted by molar-refractivity contribution is -0.134. The van der Waals surface area contributed by atoms with Crippen molar-refractivity contribution < 1.29 is 14.3 Å². The minimum Gasteiger partial charge on any atom is -0.466 e. The van der Waals surface area contributed by atoms with E-state index in [4.69, 9.17) is 4.74 Å². The van der Waals surface area contributed by atoms with Gasteiger partial charge in [0.05, 0.1) is 7.11 Å². The van der Waals surface area contributed by atoms with Crippen LogP contribution in [0, 0.1) is 11.3 Å². The number of fused-ring (bicyclic) bond motifs is 3. The lowest BCUT2D eigenvalue weighted by Crippen LogP contribution is -2.51. The van der Waals surface area contributed by atoms with Crippen molar-refractivity contribution in [3.05, 3.63) is 65.7 Å². The molecule has 0 aromatic heterocycles. The second-order valence-corrected chi connectivity index (χ2v) is 13.2. The SMILES string of the molecule is COC(=O)/C=C/c1cccc(N(CC23CCC(c4ccc(N5CCCC5)cc4)(CC2)CC3)C(=O)C2CCCCC2)c1. The Labute approximate surface area is 245 Å². The van der Waals surface area contributed by atoms with Gasteiger partial charge in [0.1, 0.15) is 0 Å². The summed E-state index contributed by atoms with van der Waals surface area (Å²) in [7, 11) is 1.39. The molecule has 2 bridgehead atoms. The second kappa shape index (κ2) is 12.0. The predicted octanol–water partition coefficient (Wildman–Crippen LogP) is 7.68. The molecule has 218 valence electrons. The number of hydrogen-bond acceptors (Lipinski definition) is 4. The Kier molecular flexibility index (Phi) is 8.23. The van der Waals surface area contributed by atoms with Crippen LogP contribution in [0.15, 0.2) is 54.6 Å². The van der Waals surface area contributed by atoms with Crippen LogP contribution in [0.3, 0.4) is 0 Å². The number of hydrogen-bond donors (Lipinski definition) is 0. The molecule has 0 atom stereocenters. The average Bonchev–Trinajstić information content (AvgIpc) is 3.59. The fourth-order valence-electron chi connectivity index (χ4n) is 8.17. The first-order valence-corrected chi connectivity index (χ1v) is 16.0. The van der Waals surface area contributed by atoms with Gasteiger partial charge in [-0.15, -0.1) is 0 Å². The maximum atomic E-state index is 14.1. The van der Waals surface area contributed by atoms with E-state index in [2.05, 4.69) is 46.2 Å². The number of carbonyl (C=O) groups is 2. The zero-order valence-electron chi connectivity index (χ0n) is 24.8. The number of amides is 1. The van der Waals surface area contributed by atoms with Crippen molar-refractivity contribution in [3.63, 3.8) is 0 Å². The molecule has 5 nitrogen and oxygen atoms in total. The molecule has 5 fully saturated rings. The van der Waals surface area contributed by atoms with Crippen LogP contribution in [0.25, 0.3) is 6.08 Å². The molecule has 2 aromatic rings. The highest BCUT2D eigenvalue weighted by atomic mass is 16.5. The van der Waals surface area contributed by atoms with Gasteiger partial charge in [-0.25, -0.2) is 4.79 Å².